The van der Waals surface area contributed by atoms with Gasteiger partial charge in [0.2, 0.25) is 11.8 Å². The van der Waals surface area contributed by atoms with Gasteiger partial charge in [-0.05, 0) is 41.8 Å². The van der Waals surface area contributed by atoms with Crippen molar-refractivity contribution in [2.45, 2.75) is 32.0 Å². The fourth-order valence-corrected chi connectivity index (χ4v) is 3.79. The van der Waals surface area contributed by atoms with E-state index in [1.165, 1.54) is 0 Å². The van der Waals surface area contributed by atoms with Crippen molar-refractivity contribution in [3.8, 4) is 11.3 Å². The van der Waals surface area contributed by atoms with Gasteiger partial charge < -0.3 is 15.3 Å². The minimum Gasteiger partial charge on any atom is -0.395 e. The number of aliphatic hydroxyl groups excluding tert-OH is 1. The molecule has 0 spiro atoms. The van der Waals surface area contributed by atoms with E-state index in [1.807, 2.05) is 24.3 Å². The van der Waals surface area contributed by atoms with Crippen LogP contribution < -0.4 is 10.6 Å². The number of rotatable bonds is 6. The van der Waals surface area contributed by atoms with Crippen LogP contribution in [-0.4, -0.2) is 51.9 Å². The molecule has 1 saturated heterocycles. The van der Waals surface area contributed by atoms with Gasteiger partial charge in [0.1, 0.15) is 6.04 Å². The Balaban J connectivity index is 1.54. The standard InChI is InChI=1S/C21H22N4O4/c26-8-7-22-11-13-5-6-23-17(9-13)14-1-2-16-15(10-14)12-25(21(16)29)18-3-4-19(27)24-20(18)28/h1-2,5-6,9-10,18,22,26H,3-4,7-8,11-12H2,(H,24,27,28). The maximum Gasteiger partial charge on any atom is 0.255 e. The quantitative estimate of drug-likeness (QED) is 0.489. The number of imide groups is 1. The zero-order chi connectivity index (χ0) is 20.4. The number of piperidine rings is 1. The van der Waals surface area contributed by atoms with Crippen LogP contribution in [0.15, 0.2) is 36.5 Å². The monoisotopic (exact) mass is 394 g/mol. The Morgan fingerprint density at radius 2 is 2.07 bits per heavy atom. The second-order valence-corrected chi connectivity index (χ2v) is 7.22. The van der Waals surface area contributed by atoms with Gasteiger partial charge in [0, 0.05) is 43.4 Å². The number of nitrogens with one attached hydrogen (secondary N) is 2. The fourth-order valence-electron chi connectivity index (χ4n) is 3.79. The van der Waals surface area contributed by atoms with Gasteiger partial charge in [-0.15, -0.1) is 0 Å². The number of aliphatic hydroxyl groups is 1. The normalized spacial score (nSPS) is 18.7. The molecule has 1 fully saturated rings. The minimum atomic E-state index is -0.616. The van der Waals surface area contributed by atoms with Crippen molar-refractivity contribution >= 4 is 17.7 Å². The maximum absolute atomic E-state index is 12.8. The van der Waals surface area contributed by atoms with Crippen molar-refractivity contribution in [1.29, 1.82) is 0 Å². The van der Waals surface area contributed by atoms with Crippen LogP contribution in [0.4, 0.5) is 0 Å². The Bertz CT molecular complexity index is 975. The predicted molar refractivity (Wildman–Crippen MR) is 105 cm³/mol. The van der Waals surface area contributed by atoms with Crippen LogP contribution in [0.1, 0.15) is 34.3 Å². The summed E-state index contributed by atoms with van der Waals surface area (Å²) in [6.07, 6.45) is 2.32. The van der Waals surface area contributed by atoms with Gasteiger partial charge in [0.25, 0.3) is 5.91 Å². The third-order valence-electron chi connectivity index (χ3n) is 5.26. The van der Waals surface area contributed by atoms with Crippen molar-refractivity contribution in [3.63, 3.8) is 0 Å². The average Bonchev–Trinajstić information content (AvgIpc) is 3.04. The van der Waals surface area contributed by atoms with Gasteiger partial charge in [-0.2, -0.15) is 0 Å². The van der Waals surface area contributed by atoms with Crippen LogP contribution in [0.3, 0.4) is 0 Å². The lowest BCUT2D eigenvalue weighted by Crippen LogP contribution is -2.52. The molecular formula is C21H22N4O4. The van der Waals surface area contributed by atoms with E-state index < -0.39 is 11.9 Å². The number of amides is 3. The summed E-state index contributed by atoms with van der Waals surface area (Å²) in [5.41, 5.74) is 4.17. The second-order valence-electron chi connectivity index (χ2n) is 7.22. The number of fused-ring (bicyclic) bond motifs is 1. The Morgan fingerprint density at radius 1 is 1.21 bits per heavy atom. The van der Waals surface area contributed by atoms with E-state index in [-0.39, 0.29) is 24.8 Å². The third-order valence-corrected chi connectivity index (χ3v) is 5.26. The van der Waals surface area contributed by atoms with Crippen LogP contribution >= 0.6 is 0 Å². The fraction of sp³-hybridized carbons (Fsp3) is 0.333. The molecule has 3 amide bonds. The molecule has 8 heteroatoms. The van der Waals surface area contributed by atoms with E-state index in [0.717, 1.165) is 22.4 Å². The Hall–Kier alpha value is -3.10. The van der Waals surface area contributed by atoms with E-state index in [9.17, 15) is 14.4 Å². The summed E-state index contributed by atoms with van der Waals surface area (Å²) in [7, 11) is 0. The van der Waals surface area contributed by atoms with Gasteiger partial charge in [-0.1, -0.05) is 6.07 Å². The number of benzene rings is 1. The molecule has 3 heterocycles. The molecule has 1 unspecified atom stereocenters. The van der Waals surface area contributed by atoms with Crippen LogP contribution in [0.25, 0.3) is 11.3 Å². The van der Waals surface area contributed by atoms with Crippen LogP contribution in [0.5, 0.6) is 0 Å². The molecule has 2 aromatic rings. The zero-order valence-electron chi connectivity index (χ0n) is 15.9. The lowest BCUT2D eigenvalue weighted by Gasteiger charge is -2.29. The number of carbonyl (C=O) groups excluding carboxylic acids is 3. The van der Waals surface area contributed by atoms with Crippen molar-refractivity contribution in [2.24, 2.45) is 0 Å². The van der Waals surface area contributed by atoms with Gasteiger partial charge in [0.15, 0.2) is 0 Å². The van der Waals surface area contributed by atoms with E-state index >= 15 is 0 Å². The van der Waals surface area contributed by atoms with Crippen molar-refractivity contribution in [2.75, 3.05) is 13.2 Å². The first-order valence-corrected chi connectivity index (χ1v) is 9.61. The Kier molecular flexibility index (Phi) is 5.37. The molecule has 0 saturated carbocycles. The number of aromatic nitrogens is 1. The lowest BCUT2D eigenvalue weighted by atomic mass is 10.0. The molecule has 0 bridgehead atoms. The molecule has 1 aromatic carbocycles. The minimum absolute atomic E-state index is 0.0838. The molecule has 0 aliphatic carbocycles. The van der Waals surface area contributed by atoms with Gasteiger partial charge in [-0.3, -0.25) is 24.7 Å². The van der Waals surface area contributed by atoms with Crippen molar-refractivity contribution < 1.29 is 19.5 Å². The van der Waals surface area contributed by atoms with E-state index in [1.54, 1.807) is 17.2 Å². The smallest absolute Gasteiger partial charge is 0.255 e. The number of carbonyl (C=O) groups is 3. The molecule has 29 heavy (non-hydrogen) atoms. The SMILES string of the molecule is O=C1CCC(N2Cc3cc(-c4cc(CNCCO)ccn4)ccc3C2=O)C(=O)N1. The van der Waals surface area contributed by atoms with Crippen LogP contribution in [0.2, 0.25) is 0 Å². The molecular weight excluding hydrogens is 372 g/mol. The highest BCUT2D eigenvalue weighted by Crippen LogP contribution is 2.30. The Labute approximate surface area is 167 Å². The first-order valence-electron chi connectivity index (χ1n) is 9.61. The summed E-state index contributed by atoms with van der Waals surface area (Å²) in [5.74, 6) is -0.888. The number of nitrogens with zero attached hydrogens (tertiary/aromatic N) is 2. The van der Waals surface area contributed by atoms with Gasteiger partial charge in [-0.25, -0.2) is 0 Å². The maximum atomic E-state index is 12.8. The summed E-state index contributed by atoms with van der Waals surface area (Å²) >= 11 is 0. The van der Waals surface area contributed by atoms with Crippen molar-refractivity contribution in [1.82, 2.24) is 20.5 Å². The van der Waals surface area contributed by atoms with Crippen LogP contribution in [-0.2, 0) is 22.7 Å². The predicted octanol–water partition coefficient (Wildman–Crippen LogP) is 0.591. The first kappa shape index (κ1) is 19.2. The zero-order valence-corrected chi connectivity index (χ0v) is 15.9. The van der Waals surface area contributed by atoms with E-state index in [0.29, 0.717) is 31.6 Å². The summed E-state index contributed by atoms with van der Waals surface area (Å²) < 4.78 is 0. The van der Waals surface area contributed by atoms with Gasteiger partial charge in [0.05, 0.1) is 12.3 Å². The number of pyridine rings is 1. The second kappa shape index (κ2) is 8.10. The molecule has 2 aliphatic heterocycles. The van der Waals surface area contributed by atoms with E-state index in [2.05, 4.69) is 15.6 Å². The highest BCUT2D eigenvalue weighted by atomic mass is 16.3. The molecule has 2 aliphatic rings. The number of hydrogen-bond acceptors (Lipinski definition) is 6. The first-order chi connectivity index (χ1) is 14.1. The summed E-state index contributed by atoms with van der Waals surface area (Å²) in [6.45, 7) is 1.57. The average molecular weight is 394 g/mol. The Morgan fingerprint density at radius 3 is 2.86 bits per heavy atom. The molecule has 0 radical (unpaired) electrons. The molecule has 3 N–H and O–H groups in total. The van der Waals surface area contributed by atoms with Crippen molar-refractivity contribution in [3.05, 3.63) is 53.2 Å². The number of hydrogen-bond donors (Lipinski definition) is 3. The van der Waals surface area contributed by atoms with E-state index in [4.69, 9.17) is 5.11 Å². The largest absolute Gasteiger partial charge is 0.395 e. The highest BCUT2D eigenvalue weighted by molar-refractivity contribution is 6.05. The highest BCUT2D eigenvalue weighted by Gasteiger charge is 2.39. The summed E-state index contributed by atoms with van der Waals surface area (Å²) in [5, 5.41) is 14.3. The van der Waals surface area contributed by atoms with Crippen LogP contribution in [0, 0.1) is 0 Å². The molecule has 8 nitrogen and oxygen atoms in total. The third kappa shape index (κ3) is 3.90. The van der Waals surface area contributed by atoms with Gasteiger partial charge >= 0.3 is 0 Å². The topological polar surface area (TPSA) is 112 Å². The molecule has 1 atom stereocenters. The molecule has 1 aromatic heterocycles. The summed E-state index contributed by atoms with van der Waals surface area (Å²) in [4.78, 5) is 42.3. The molecule has 4 rings (SSSR count). The molecule has 150 valence electrons. The summed E-state index contributed by atoms with van der Waals surface area (Å²) in [6, 6.07) is 8.84. The lowest BCUT2D eigenvalue weighted by molar-refractivity contribution is -0.136.